The van der Waals surface area contributed by atoms with Crippen LogP contribution in [0.15, 0.2) is 103 Å². The number of thiazole rings is 1. The number of para-hydroxylation sites is 1. The van der Waals surface area contributed by atoms with Crippen LogP contribution in [0.4, 0.5) is 5.69 Å². The minimum absolute atomic E-state index is 0.847. The van der Waals surface area contributed by atoms with Gasteiger partial charge >= 0.3 is 0 Å². The highest BCUT2D eigenvalue weighted by molar-refractivity contribution is 7.19. The van der Waals surface area contributed by atoms with E-state index in [1.165, 1.54) is 37.2 Å². The molecule has 0 atom stereocenters. The zero-order valence-electron chi connectivity index (χ0n) is 21.3. The average molecular weight is 502 g/mol. The number of anilines is 1. The van der Waals surface area contributed by atoms with Crippen LogP contribution >= 0.6 is 11.3 Å². The second kappa shape index (κ2) is 9.72. The topological polar surface area (TPSA) is 16.4 Å². The second-order valence-corrected chi connectivity index (χ2v) is 10.4. The van der Waals surface area contributed by atoms with Crippen molar-refractivity contribution in [3.05, 3.63) is 119 Å². The molecule has 0 amide bonds. The number of ether oxygens (including phenoxy) is 1. The van der Waals surface area contributed by atoms with Gasteiger partial charge in [-0.1, -0.05) is 78.1 Å². The van der Waals surface area contributed by atoms with Gasteiger partial charge in [0.25, 0.3) is 5.01 Å². The summed E-state index contributed by atoms with van der Waals surface area (Å²) in [7, 11) is 4.12. The van der Waals surface area contributed by atoms with Crippen molar-refractivity contribution < 1.29 is 9.30 Å². The lowest BCUT2D eigenvalue weighted by atomic mass is 10.00. The van der Waals surface area contributed by atoms with Gasteiger partial charge in [0.05, 0.1) is 6.08 Å². The molecular formula is C33H29N2OS+. The van der Waals surface area contributed by atoms with E-state index >= 15 is 0 Å². The van der Waals surface area contributed by atoms with E-state index in [4.69, 9.17) is 4.74 Å². The molecule has 182 valence electrons. The normalized spacial score (nSPS) is 14.2. The highest BCUT2D eigenvalue weighted by Crippen LogP contribution is 2.36. The lowest BCUT2D eigenvalue weighted by Crippen LogP contribution is -2.33. The van der Waals surface area contributed by atoms with Crippen LogP contribution in [0.5, 0.6) is 5.75 Å². The van der Waals surface area contributed by atoms with Gasteiger partial charge in [0.2, 0.25) is 5.52 Å². The predicted molar refractivity (Wildman–Crippen MR) is 158 cm³/mol. The van der Waals surface area contributed by atoms with Crippen molar-refractivity contribution in [2.45, 2.75) is 13.5 Å². The Bertz CT molecular complexity index is 1700. The Morgan fingerprint density at radius 2 is 1.65 bits per heavy atom. The standard InChI is InChI=1S/C33H29N2OS/c1-4-35-30-20-17-24-9-5-6-11-29(24)33(30)37-32(35)22-27-21-25(28-10-7-8-12-31(28)36-27)16-13-23-14-18-26(19-15-23)34(2)3/h5-22H,4H2,1-3H3/q+1. The third-order valence-electron chi connectivity index (χ3n) is 6.79. The van der Waals surface area contributed by atoms with Crippen molar-refractivity contribution in [2.75, 3.05) is 19.0 Å². The lowest BCUT2D eigenvalue weighted by molar-refractivity contribution is -0.665. The molecule has 4 aromatic carbocycles. The van der Waals surface area contributed by atoms with Gasteiger partial charge in [-0.05, 0) is 53.8 Å². The first-order valence-corrected chi connectivity index (χ1v) is 13.4. The first-order valence-electron chi connectivity index (χ1n) is 12.6. The van der Waals surface area contributed by atoms with Crippen molar-refractivity contribution in [1.29, 1.82) is 0 Å². The van der Waals surface area contributed by atoms with E-state index < -0.39 is 0 Å². The molecule has 5 aromatic rings. The molecule has 0 bridgehead atoms. The molecule has 0 spiro atoms. The summed E-state index contributed by atoms with van der Waals surface area (Å²) in [4.78, 5) is 2.11. The zero-order valence-corrected chi connectivity index (χ0v) is 22.1. The van der Waals surface area contributed by atoms with Crippen molar-refractivity contribution in [3.8, 4) is 5.75 Å². The molecule has 2 heterocycles. The largest absolute Gasteiger partial charge is 0.456 e. The number of rotatable bonds is 5. The Kier molecular flexibility index (Phi) is 6.11. The van der Waals surface area contributed by atoms with Gasteiger partial charge in [0.15, 0.2) is 0 Å². The fourth-order valence-electron chi connectivity index (χ4n) is 4.85. The van der Waals surface area contributed by atoms with Crippen LogP contribution in [-0.2, 0) is 6.54 Å². The molecular weight excluding hydrogens is 472 g/mol. The number of hydrogen-bond acceptors (Lipinski definition) is 3. The van der Waals surface area contributed by atoms with E-state index in [9.17, 15) is 0 Å². The fraction of sp³-hybridized carbons (Fsp3) is 0.121. The lowest BCUT2D eigenvalue weighted by Gasteiger charge is -2.18. The number of aryl methyl sites for hydroxylation is 1. The third-order valence-corrected chi connectivity index (χ3v) is 7.97. The number of fused-ring (bicyclic) bond motifs is 4. The summed E-state index contributed by atoms with van der Waals surface area (Å²) in [5.41, 5.74) is 5.87. The van der Waals surface area contributed by atoms with E-state index in [1.54, 1.807) is 0 Å². The molecule has 37 heavy (non-hydrogen) atoms. The predicted octanol–water partition coefficient (Wildman–Crippen LogP) is 7.96. The molecule has 3 nitrogen and oxygen atoms in total. The van der Waals surface area contributed by atoms with Crippen molar-refractivity contribution >= 4 is 55.7 Å². The van der Waals surface area contributed by atoms with E-state index in [-0.39, 0.29) is 0 Å². The number of hydrogen-bond donors (Lipinski definition) is 0. The summed E-state index contributed by atoms with van der Waals surface area (Å²) in [5, 5.41) is 3.75. The number of benzene rings is 4. The van der Waals surface area contributed by atoms with Gasteiger partial charge < -0.3 is 9.64 Å². The fourth-order valence-corrected chi connectivity index (χ4v) is 6.15. The molecule has 0 saturated heterocycles. The highest BCUT2D eigenvalue weighted by Gasteiger charge is 2.22. The maximum atomic E-state index is 6.38. The monoisotopic (exact) mass is 501 g/mol. The third kappa shape index (κ3) is 4.45. The Morgan fingerprint density at radius 3 is 2.46 bits per heavy atom. The highest BCUT2D eigenvalue weighted by atomic mass is 32.1. The number of allylic oxidation sites excluding steroid dienone is 3. The number of aromatic nitrogens is 1. The molecule has 0 fully saturated rings. The minimum atomic E-state index is 0.847. The van der Waals surface area contributed by atoms with Gasteiger partial charge in [-0.15, -0.1) is 0 Å². The van der Waals surface area contributed by atoms with Crippen LogP contribution in [0.1, 0.15) is 23.1 Å². The molecule has 0 radical (unpaired) electrons. The van der Waals surface area contributed by atoms with Crippen LogP contribution < -0.4 is 14.2 Å². The van der Waals surface area contributed by atoms with Gasteiger partial charge in [0, 0.05) is 36.8 Å². The smallest absolute Gasteiger partial charge is 0.266 e. The quantitative estimate of drug-likeness (QED) is 0.227. The first kappa shape index (κ1) is 23.3. The van der Waals surface area contributed by atoms with Crippen LogP contribution in [0.3, 0.4) is 0 Å². The second-order valence-electron chi connectivity index (χ2n) is 9.38. The Morgan fingerprint density at radius 1 is 0.865 bits per heavy atom. The first-order chi connectivity index (χ1) is 18.1. The van der Waals surface area contributed by atoms with E-state index in [1.807, 2.05) is 23.5 Å². The van der Waals surface area contributed by atoms with Gasteiger partial charge in [-0.25, -0.2) is 0 Å². The molecule has 0 unspecified atom stereocenters. The van der Waals surface area contributed by atoms with Gasteiger partial charge in [0.1, 0.15) is 22.8 Å². The Hall–Kier alpha value is -4.15. The average Bonchev–Trinajstić information content (AvgIpc) is 3.29. The Labute approximate surface area is 221 Å². The van der Waals surface area contributed by atoms with E-state index in [0.717, 1.165) is 29.2 Å². The van der Waals surface area contributed by atoms with Crippen LogP contribution in [0.25, 0.3) is 38.7 Å². The Balaban J connectivity index is 1.42. The van der Waals surface area contributed by atoms with Crippen LogP contribution in [0.2, 0.25) is 0 Å². The molecule has 4 heteroatoms. The van der Waals surface area contributed by atoms with Crippen molar-refractivity contribution in [1.82, 2.24) is 0 Å². The molecule has 1 aliphatic heterocycles. The summed E-state index contributed by atoms with van der Waals surface area (Å²) in [6.07, 6.45) is 8.68. The molecule has 0 saturated carbocycles. The van der Waals surface area contributed by atoms with E-state index in [2.05, 4.69) is 128 Å². The molecule has 0 aliphatic carbocycles. The maximum absolute atomic E-state index is 6.38. The maximum Gasteiger partial charge on any atom is 0.266 e. The van der Waals surface area contributed by atoms with Crippen molar-refractivity contribution in [3.63, 3.8) is 0 Å². The summed E-state index contributed by atoms with van der Waals surface area (Å²) in [6.45, 7) is 3.10. The van der Waals surface area contributed by atoms with Crippen molar-refractivity contribution in [2.24, 2.45) is 0 Å². The summed E-state index contributed by atoms with van der Waals surface area (Å²) >= 11 is 1.82. The summed E-state index contributed by atoms with van der Waals surface area (Å²) in [6, 6.07) is 29.9. The molecule has 0 N–H and O–H groups in total. The summed E-state index contributed by atoms with van der Waals surface area (Å²) in [5.74, 6) is 1.73. The van der Waals surface area contributed by atoms with Gasteiger partial charge in [-0.2, -0.15) is 4.57 Å². The summed E-state index contributed by atoms with van der Waals surface area (Å²) < 4.78 is 10.1. The zero-order chi connectivity index (χ0) is 25.4. The van der Waals surface area contributed by atoms with Gasteiger partial charge in [-0.3, -0.25) is 0 Å². The molecule has 1 aromatic heterocycles. The van der Waals surface area contributed by atoms with E-state index in [0.29, 0.717) is 0 Å². The SMILES string of the molecule is CC[n+]1c(C=C2C=C(C=Cc3ccc(N(C)C)cc3)c3ccccc3O2)sc2c3ccccc3ccc21. The van der Waals surface area contributed by atoms with Crippen LogP contribution in [-0.4, -0.2) is 14.1 Å². The molecule has 6 rings (SSSR count). The molecule has 1 aliphatic rings. The number of nitrogens with zero attached hydrogens (tertiary/aromatic N) is 2. The van der Waals surface area contributed by atoms with Crippen LogP contribution in [0, 0.1) is 0 Å². The minimum Gasteiger partial charge on any atom is -0.456 e.